The monoisotopic (exact) mass is 392 g/mol. The van der Waals surface area contributed by atoms with Crippen LogP contribution in [0.2, 0.25) is 0 Å². The molecule has 3 aromatic rings. The van der Waals surface area contributed by atoms with Crippen molar-refractivity contribution in [1.29, 1.82) is 0 Å². The molecule has 1 aliphatic heterocycles. The van der Waals surface area contributed by atoms with E-state index in [0.717, 1.165) is 16.7 Å². The van der Waals surface area contributed by atoms with Crippen LogP contribution in [0, 0.1) is 0 Å². The first-order valence-electron chi connectivity index (χ1n) is 9.87. The summed E-state index contributed by atoms with van der Waals surface area (Å²) in [4.78, 5) is 0. The Kier molecular flexibility index (Phi) is 6.05. The van der Waals surface area contributed by atoms with Crippen LogP contribution in [0.4, 0.5) is 4.39 Å². The quantitative estimate of drug-likeness (QED) is 0.524. The van der Waals surface area contributed by atoms with Crippen molar-refractivity contribution in [2.75, 3.05) is 13.7 Å². The number of alkyl halides is 1. The number of methoxy groups -OCH3 is 1. The smallest absolute Gasteiger partial charge is 0.188 e. The van der Waals surface area contributed by atoms with Gasteiger partial charge in [-0.3, -0.25) is 0 Å². The fourth-order valence-electron chi connectivity index (χ4n) is 3.99. The van der Waals surface area contributed by atoms with Crippen molar-refractivity contribution in [1.82, 2.24) is 0 Å². The lowest BCUT2D eigenvalue weighted by molar-refractivity contribution is -0.152. The Morgan fingerprint density at radius 1 is 0.828 bits per heavy atom. The summed E-state index contributed by atoms with van der Waals surface area (Å²) < 4.78 is 31.6. The molecule has 1 aliphatic rings. The highest BCUT2D eigenvalue weighted by Gasteiger charge is 2.41. The van der Waals surface area contributed by atoms with Crippen molar-refractivity contribution in [2.45, 2.75) is 30.6 Å². The van der Waals surface area contributed by atoms with Gasteiger partial charge in [-0.2, -0.15) is 0 Å². The zero-order chi connectivity index (χ0) is 20.1. The molecular weight excluding hydrogens is 367 g/mol. The second-order valence-corrected chi connectivity index (χ2v) is 7.20. The van der Waals surface area contributed by atoms with Gasteiger partial charge in [-0.25, -0.2) is 4.39 Å². The van der Waals surface area contributed by atoms with Crippen molar-refractivity contribution in [2.24, 2.45) is 0 Å². The largest absolute Gasteiger partial charge is 0.358 e. The van der Waals surface area contributed by atoms with Gasteiger partial charge in [0.25, 0.3) is 0 Å². The molecule has 0 aliphatic carbocycles. The minimum absolute atomic E-state index is 0.249. The molecule has 0 spiro atoms. The van der Waals surface area contributed by atoms with Gasteiger partial charge < -0.3 is 14.2 Å². The summed E-state index contributed by atoms with van der Waals surface area (Å²) in [6.45, 7) is 0.249. The van der Waals surface area contributed by atoms with E-state index in [1.165, 1.54) is 7.11 Å². The van der Waals surface area contributed by atoms with Gasteiger partial charge in [0.15, 0.2) is 12.5 Å². The molecule has 0 unspecified atom stereocenters. The summed E-state index contributed by atoms with van der Waals surface area (Å²) in [6, 6.07) is 30.4. The normalized spacial score (nSPS) is 21.9. The Morgan fingerprint density at radius 2 is 1.28 bits per heavy atom. The summed E-state index contributed by atoms with van der Waals surface area (Å²) in [5.41, 5.74) is 2.20. The summed E-state index contributed by atoms with van der Waals surface area (Å²) in [6.07, 6.45) is -2.09. The molecule has 3 aromatic carbocycles. The van der Waals surface area contributed by atoms with Gasteiger partial charge in [-0.05, 0) is 16.7 Å². The highest BCUT2D eigenvalue weighted by atomic mass is 19.1. The van der Waals surface area contributed by atoms with E-state index in [1.807, 2.05) is 54.6 Å². The molecule has 0 radical (unpaired) electrons. The molecular formula is C25H25FO3. The number of hydrogen-bond acceptors (Lipinski definition) is 3. The van der Waals surface area contributed by atoms with Crippen molar-refractivity contribution in [3.63, 3.8) is 0 Å². The molecule has 0 N–H and O–H groups in total. The van der Waals surface area contributed by atoms with Crippen LogP contribution in [-0.2, 0) is 19.8 Å². The summed E-state index contributed by atoms with van der Waals surface area (Å²) in [5.74, 6) is 0. The topological polar surface area (TPSA) is 27.7 Å². The molecule has 0 bridgehead atoms. The molecule has 0 aromatic heterocycles. The maximum absolute atomic E-state index is 14.1. The van der Waals surface area contributed by atoms with Gasteiger partial charge in [-0.1, -0.05) is 91.0 Å². The van der Waals surface area contributed by atoms with Gasteiger partial charge in [0.2, 0.25) is 0 Å². The summed E-state index contributed by atoms with van der Waals surface area (Å²) in [7, 11) is 1.46. The number of hydrogen-bond donors (Lipinski definition) is 0. The van der Waals surface area contributed by atoms with Gasteiger partial charge in [0, 0.05) is 13.5 Å². The molecule has 29 heavy (non-hydrogen) atoms. The standard InChI is InChI=1S/C25H25FO3/c1-27-24-23(26)17-22(29-24)18-28-25(19-11-5-2-6-12-19,20-13-7-3-8-14-20)21-15-9-4-10-16-21/h2-16,22-24H,17-18H2,1H3/t22-,23-,24-/m0/s1. The Labute approximate surface area is 171 Å². The molecule has 3 nitrogen and oxygen atoms in total. The zero-order valence-electron chi connectivity index (χ0n) is 16.4. The van der Waals surface area contributed by atoms with E-state index >= 15 is 0 Å². The van der Waals surface area contributed by atoms with Crippen LogP contribution >= 0.6 is 0 Å². The van der Waals surface area contributed by atoms with Crippen LogP contribution in [0.3, 0.4) is 0 Å². The molecule has 1 saturated heterocycles. The van der Waals surface area contributed by atoms with Crippen LogP contribution < -0.4 is 0 Å². The number of rotatable bonds is 7. The second kappa shape index (κ2) is 8.87. The van der Waals surface area contributed by atoms with Crippen LogP contribution in [0.5, 0.6) is 0 Å². The Bertz CT molecular complexity index is 789. The fourth-order valence-corrected chi connectivity index (χ4v) is 3.99. The van der Waals surface area contributed by atoms with Gasteiger partial charge in [-0.15, -0.1) is 0 Å². The van der Waals surface area contributed by atoms with E-state index in [0.29, 0.717) is 0 Å². The number of benzene rings is 3. The average molecular weight is 392 g/mol. The lowest BCUT2D eigenvalue weighted by Crippen LogP contribution is -2.35. The molecule has 3 atom stereocenters. The molecule has 150 valence electrons. The van der Waals surface area contributed by atoms with Crippen LogP contribution in [0.15, 0.2) is 91.0 Å². The predicted molar refractivity (Wildman–Crippen MR) is 110 cm³/mol. The van der Waals surface area contributed by atoms with Crippen LogP contribution in [0.25, 0.3) is 0 Å². The maximum Gasteiger partial charge on any atom is 0.188 e. The van der Waals surface area contributed by atoms with Crippen molar-refractivity contribution in [3.8, 4) is 0 Å². The van der Waals surface area contributed by atoms with Gasteiger partial charge in [0.05, 0.1) is 12.7 Å². The van der Waals surface area contributed by atoms with E-state index in [1.54, 1.807) is 0 Å². The van der Waals surface area contributed by atoms with Crippen molar-refractivity contribution >= 4 is 0 Å². The molecule has 1 heterocycles. The number of ether oxygens (including phenoxy) is 3. The molecule has 0 amide bonds. The fraction of sp³-hybridized carbons (Fsp3) is 0.280. The van der Waals surface area contributed by atoms with Crippen molar-refractivity contribution < 1.29 is 18.6 Å². The minimum atomic E-state index is -1.15. The average Bonchev–Trinajstić information content (AvgIpc) is 3.16. The van der Waals surface area contributed by atoms with Crippen molar-refractivity contribution in [3.05, 3.63) is 108 Å². The Hall–Kier alpha value is -2.53. The molecule has 4 heteroatoms. The maximum atomic E-state index is 14.1. The second-order valence-electron chi connectivity index (χ2n) is 7.20. The first-order valence-corrected chi connectivity index (χ1v) is 9.87. The van der Waals surface area contributed by atoms with Gasteiger partial charge in [0.1, 0.15) is 5.60 Å². The van der Waals surface area contributed by atoms with E-state index in [2.05, 4.69) is 36.4 Å². The summed E-state index contributed by atoms with van der Waals surface area (Å²) in [5, 5.41) is 0. The van der Waals surface area contributed by atoms with E-state index < -0.39 is 18.1 Å². The third-order valence-electron chi connectivity index (χ3n) is 5.37. The Morgan fingerprint density at radius 3 is 1.66 bits per heavy atom. The predicted octanol–water partition coefficient (Wildman–Crippen LogP) is 5.09. The van der Waals surface area contributed by atoms with E-state index in [9.17, 15) is 4.39 Å². The van der Waals surface area contributed by atoms with Crippen LogP contribution in [0.1, 0.15) is 23.1 Å². The first kappa shape index (κ1) is 19.8. The highest BCUT2D eigenvalue weighted by molar-refractivity contribution is 5.47. The summed E-state index contributed by atoms with van der Waals surface area (Å²) >= 11 is 0. The SMILES string of the molecule is CO[C@H]1O[C@H](COC(c2ccccc2)(c2ccccc2)c2ccccc2)C[C@@H]1F. The Balaban J connectivity index is 1.76. The van der Waals surface area contributed by atoms with E-state index in [4.69, 9.17) is 14.2 Å². The lowest BCUT2D eigenvalue weighted by atomic mass is 9.80. The highest BCUT2D eigenvalue weighted by Crippen LogP contribution is 2.41. The molecule has 1 fully saturated rings. The lowest BCUT2D eigenvalue weighted by Gasteiger charge is -2.36. The zero-order valence-corrected chi connectivity index (χ0v) is 16.4. The first-order chi connectivity index (χ1) is 14.2. The van der Waals surface area contributed by atoms with Gasteiger partial charge >= 0.3 is 0 Å². The molecule has 0 saturated carbocycles. The third kappa shape index (κ3) is 3.97. The minimum Gasteiger partial charge on any atom is -0.358 e. The van der Waals surface area contributed by atoms with Crippen LogP contribution in [-0.4, -0.2) is 32.3 Å². The number of halogens is 1. The molecule has 4 rings (SSSR count). The third-order valence-corrected chi connectivity index (χ3v) is 5.37. The van der Waals surface area contributed by atoms with E-state index in [-0.39, 0.29) is 19.1 Å².